The van der Waals surface area contributed by atoms with Crippen LogP contribution in [0.3, 0.4) is 0 Å². The van der Waals surface area contributed by atoms with Gasteiger partial charge in [0.05, 0.1) is 0 Å². The van der Waals surface area contributed by atoms with Gasteiger partial charge in [-0.3, -0.25) is 9.59 Å². The first-order valence-corrected chi connectivity index (χ1v) is 10.5. The van der Waals surface area contributed by atoms with E-state index in [1.54, 1.807) is 24.3 Å². The molecule has 1 atom stereocenters. The zero-order valence-electron chi connectivity index (χ0n) is 17.0. The molecule has 0 saturated carbocycles. The Morgan fingerprint density at radius 3 is 2.17 bits per heavy atom. The summed E-state index contributed by atoms with van der Waals surface area (Å²) in [4.78, 5) is 30.0. The lowest BCUT2D eigenvalue weighted by Crippen LogP contribution is -2.55. The molecule has 29 heavy (non-hydrogen) atoms. The number of carbonyl (C=O) groups excluding carboxylic acids is 2. The molecule has 0 radical (unpaired) electrons. The van der Waals surface area contributed by atoms with Crippen molar-refractivity contribution < 1.29 is 9.59 Å². The second-order valence-corrected chi connectivity index (χ2v) is 8.25. The van der Waals surface area contributed by atoms with Gasteiger partial charge in [0.25, 0.3) is 5.91 Å². The molecule has 1 saturated heterocycles. The van der Waals surface area contributed by atoms with Gasteiger partial charge < -0.3 is 15.1 Å². The summed E-state index contributed by atoms with van der Waals surface area (Å²) >= 11 is 5.90. The monoisotopic (exact) mass is 413 g/mol. The van der Waals surface area contributed by atoms with Crippen molar-refractivity contribution in [1.82, 2.24) is 10.2 Å². The van der Waals surface area contributed by atoms with E-state index in [1.807, 2.05) is 23.1 Å². The second kappa shape index (κ2) is 9.79. The number of piperazine rings is 1. The van der Waals surface area contributed by atoms with Gasteiger partial charge in [0.1, 0.15) is 6.04 Å². The summed E-state index contributed by atoms with van der Waals surface area (Å²) in [6.45, 7) is 6.99. The topological polar surface area (TPSA) is 52.7 Å². The van der Waals surface area contributed by atoms with E-state index >= 15 is 0 Å². The van der Waals surface area contributed by atoms with E-state index in [0.29, 0.717) is 36.0 Å². The molecule has 1 aliphatic rings. The van der Waals surface area contributed by atoms with Gasteiger partial charge in [-0.25, -0.2) is 0 Å². The molecule has 1 heterocycles. The van der Waals surface area contributed by atoms with E-state index in [0.717, 1.165) is 13.1 Å². The van der Waals surface area contributed by atoms with Crippen molar-refractivity contribution in [2.24, 2.45) is 5.92 Å². The number of anilines is 1. The SMILES string of the molecule is CC(C)C[C@H](NC(=O)c1ccc(Cl)cc1)C(=O)N1CCN(c2ccccc2)CC1. The fourth-order valence-electron chi connectivity index (χ4n) is 3.58. The van der Waals surface area contributed by atoms with Gasteiger partial charge in [0.15, 0.2) is 0 Å². The molecule has 0 aliphatic carbocycles. The van der Waals surface area contributed by atoms with E-state index in [9.17, 15) is 9.59 Å². The third-order valence-electron chi connectivity index (χ3n) is 5.13. The van der Waals surface area contributed by atoms with Crippen LogP contribution in [0.1, 0.15) is 30.6 Å². The average Bonchev–Trinajstić information content (AvgIpc) is 2.73. The lowest BCUT2D eigenvalue weighted by atomic mass is 10.0. The van der Waals surface area contributed by atoms with Gasteiger partial charge in [-0.2, -0.15) is 0 Å². The minimum atomic E-state index is -0.526. The maximum Gasteiger partial charge on any atom is 0.251 e. The number of benzene rings is 2. The maximum absolute atomic E-state index is 13.2. The third-order valence-corrected chi connectivity index (χ3v) is 5.38. The highest BCUT2D eigenvalue weighted by Crippen LogP contribution is 2.17. The minimum Gasteiger partial charge on any atom is -0.368 e. The molecule has 5 nitrogen and oxygen atoms in total. The zero-order chi connectivity index (χ0) is 20.8. The third kappa shape index (κ3) is 5.73. The van der Waals surface area contributed by atoms with E-state index in [-0.39, 0.29) is 11.8 Å². The predicted octanol–water partition coefficient (Wildman–Crippen LogP) is 3.83. The van der Waals surface area contributed by atoms with Crippen LogP contribution in [-0.4, -0.2) is 48.9 Å². The molecule has 2 amide bonds. The van der Waals surface area contributed by atoms with Gasteiger partial charge in [-0.1, -0.05) is 43.6 Å². The first-order valence-electron chi connectivity index (χ1n) is 10.1. The van der Waals surface area contributed by atoms with Crippen molar-refractivity contribution in [3.05, 3.63) is 65.2 Å². The van der Waals surface area contributed by atoms with Crippen LogP contribution in [0.5, 0.6) is 0 Å². The Morgan fingerprint density at radius 1 is 0.966 bits per heavy atom. The van der Waals surface area contributed by atoms with Gasteiger partial charge in [0.2, 0.25) is 5.91 Å². The van der Waals surface area contributed by atoms with Crippen LogP contribution in [0.4, 0.5) is 5.69 Å². The number of hydrogen-bond donors (Lipinski definition) is 1. The first kappa shape index (κ1) is 21.2. The predicted molar refractivity (Wildman–Crippen MR) is 117 cm³/mol. The number of carbonyl (C=O) groups is 2. The van der Waals surface area contributed by atoms with Gasteiger partial charge in [-0.05, 0) is 48.7 Å². The van der Waals surface area contributed by atoms with Crippen molar-refractivity contribution >= 4 is 29.1 Å². The first-order chi connectivity index (χ1) is 13.9. The van der Waals surface area contributed by atoms with Gasteiger partial charge in [-0.15, -0.1) is 0 Å². The number of nitrogens with one attached hydrogen (secondary N) is 1. The van der Waals surface area contributed by atoms with Crippen LogP contribution in [0.25, 0.3) is 0 Å². The minimum absolute atomic E-state index is 0.00581. The van der Waals surface area contributed by atoms with E-state index < -0.39 is 6.04 Å². The van der Waals surface area contributed by atoms with Crippen LogP contribution in [0, 0.1) is 5.92 Å². The van der Waals surface area contributed by atoms with E-state index in [2.05, 4.69) is 36.2 Å². The van der Waals surface area contributed by atoms with Crippen molar-refractivity contribution in [3.63, 3.8) is 0 Å². The van der Waals surface area contributed by atoms with Crippen molar-refractivity contribution in [2.45, 2.75) is 26.3 Å². The van der Waals surface area contributed by atoms with E-state index in [1.165, 1.54) is 5.69 Å². The van der Waals surface area contributed by atoms with Crippen LogP contribution in [-0.2, 0) is 4.79 Å². The van der Waals surface area contributed by atoms with E-state index in [4.69, 9.17) is 11.6 Å². The molecule has 0 aromatic heterocycles. The summed E-state index contributed by atoms with van der Waals surface area (Å²) in [6.07, 6.45) is 0.608. The molecule has 0 bridgehead atoms. The molecule has 3 rings (SSSR count). The summed E-state index contributed by atoms with van der Waals surface area (Å²) in [7, 11) is 0. The summed E-state index contributed by atoms with van der Waals surface area (Å²) in [5.74, 6) is 0.0392. The van der Waals surface area contributed by atoms with Crippen LogP contribution in [0.2, 0.25) is 5.02 Å². The maximum atomic E-state index is 13.2. The lowest BCUT2D eigenvalue weighted by Gasteiger charge is -2.38. The fourth-order valence-corrected chi connectivity index (χ4v) is 3.71. The van der Waals surface area contributed by atoms with Gasteiger partial charge in [0, 0.05) is 42.5 Å². The molecule has 1 aliphatic heterocycles. The number of amides is 2. The largest absolute Gasteiger partial charge is 0.368 e. The molecule has 0 spiro atoms. The summed E-state index contributed by atoms with van der Waals surface area (Å²) < 4.78 is 0. The van der Waals surface area contributed by atoms with Gasteiger partial charge >= 0.3 is 0 Å². The smallest absolute Gasteiger partial charge is 0.251 e. The Labute approximate surface area is 177 Å². The highest BCUT2D eigenvalue weighted by Gasteiger charge is 2.29. The number of nitrogens with zero attached hydrogens (tertiary/aromatic N) is 2. The molecule has 2 aromatic carbocycles. The quantitative estimate of drug-likeness (QED) is 0.782. The molecule has 6 heteroatoms. The Kier molecular flexibility index (Phi) is 7.15. The number of hydrogen-bond acceptors (Lipinski definition) is 3. The van der Waals surface area contributed by atoms with Crippen molar-refractivity contribution in [3.8, 4) is 0 Å². The van der Waals surface area contributed by atoms with Crippen LogP contribution in [0.15, 0.2) is 54.6 Å². The Hall–Kier alpha value is -2.53. The second-order valence-electron chi connectivity index (χ2n) is 7.81. The highest BCUT2D eigenvalue weighted by molar-refractivity contribution is 6.30. The molecule has 1 N–H and O–H groups in total. The Balaban J connectivity index is 1.63. The Morgan fingerprint density at radius 2 is 1.59 bits per heavy atom. The van der Waals surface area contributed by atoms with Crippen LogP contribution >= 0.6 is 11.6 Å². The molecular formula is C23H28ClN3O2. The standard InChI is InChI=1S/C23H28ClN3O2/c1-17(2)16-21(25-22(28)18-8-10-19(24)11-9-18)23(29)27-14-12-26(13-15-27)20-6-4-3-5-7-20/h3-11,17,21H,12-16H2,1-2H3,(H,25,28)/t21-/m0/s1. The lowest BCUT2D eigenvalue weighted by molar-refractivity contribution is -0.134. The average molecular weight is 414 g/mol. The zero-order valence-corrected chi connectivity index (χ0v) is 17.7. The number of para-hydroxylation sites is 1. The summed E-state index contributed by atoms with van der Waals surface area (Å²) in [5, 5.41) is 3.51. The number of rotatable bonds is 6. The van der Waals surface area contributed by atoms with Crippen LogP contribution < -0.4 is 10.2 Å². The van der Waals surface area contributed by atoms with Crippen molar-refractivity contribution in [2.75, 3.05) is 31.1 Å². The summed E-state index contributed by atoms with van der Waals surface area (Å²) in [5.41, 5.74) is 1.68. The molecule has 154 valence electrons. The molecule has 1 fully saturated rings. The highest BCUT2D eigenvalue weighted by atomic mass is 35.5. The normalized spacial score (nSPS) is 15.3. The molecular weight excluding hydrogens is 386 g/mol. The molecule has 0 unspecified atom stereocenters. The Bertz CT molecular complexity index is 816. The number of halogens is 1. The van der Waals surface area contributed by atoms with Crippen molar-refractivity contribution in [1.29, 1.82) is 0 Å². The fraction of sp³-hybridized carbons (Fsp3) is 0.391. The summed E-state index contributed by atoms with van der Waals surface area (Å²) in [6, 6.07) is 16.4. The molecule has 2 aromatic rings.